The number of likely N-dealkylation sites (tertiary alicyclic amines) is 1. The average molecular weight is 260 g/mol. The van der Waals surface area contributed by atoms with Crippen LogP contribution in [-0.2, 0) is 0 Å². The van der Waals surface area contributed by atoms with Crippen molar-refractivity contribution in [3.63, 3.8) is 0 Å². The molecule has 104 valence electrons. The zero-order chi connectivity index (χ0) is 13.7. The van der Waals surface area contributed by atoms with Crippen molar-refractivity contribution in [2.45, 2.75) is 26.3 Å². The SMILES string of the molecule is CCN(CC)C1CCN(C(N)=Nc2ccccc2)C1. The summed E-state index contributed by atoms with van der Waals surface area (Å²) in [6.07, 6.45) is 1.17. The summed E-state index contributed by atoms with van der Waals surface area (Å²) >= 11 is 0. The van der Waals surface area contributed by atoms with Crippen LogP contribution in [0.3, 0.4) is 0 Å². The predicted octanol–water partition coefficient (Wildman–Crippen LogP) is 2.05. The van der Waals surface area contributed by atoms with Crippen LogP contribution in [0.15, 0.2) is 35.3 Å². The van der Waals surface area contributed by atoms with Crippen LogP contribution in [0.2, 0.25) is 0 Å². The van der Waals surface area contributed by atoms with Crippen molar-refractivity contribution in [3.8, 4) is 0 Å². The molecule has 1 unspecified atom stereocenters. The van der Waals surface area contributed by atoms with Crippen LogP contribution in [0.4, 0.5) is 5.69 Å². The first-order valence-electron chi connectivity index (χ1n) is 7.12. The van der Waals surface area contributed by atoms with Crippen LogP contribution in [0, 0.1) is 0 Å². The van der Waals surface area contributed by atoms with Crippen LogP contribution < -0.4 is 5.73 Å². The monoisotopic (exact) mass is 260 g/mol. The van der Waals surface area contributed by atoms with Crippen LogP contribution in [0.1, 0.15) is 20.3 Å². The summed E-state index contributed by atoms with van der Waals surface area (Å²) in [5, 5.41) is 0. The van der Waals surface area contributed by atoms with E-state index in [0.29, 0.717) is 12.0 Å². The van der Waals surface area contributed by atoms with Gasteiger partial charge >= 0.3 is 0 Å². The maximum Gasteiger partial charge on any atom is 0.196 e. The first-order valence-corrected chi connectivity index (χ1v) is 7.12. The Balaban J connectivity index is 1.99. The van der Waals surface area contributed by atoms with Crippen molar-refractivity contribution in [2.75, 3.05) is 26.2 Å². The van der Waals surface area contributed by atoms with Gasteiger partial charge in [-0.25, -0.2) is 4.99 Å². The van der Waals surface area contributed by atoms with E-state index in [1.807, 2.05) is 30.3 Å². The maximum atomic E-state index is 6.11. The second-order valence-corrected chi connectivity index (χ2v) is 4.92. The highest BCUT2D eigenvalue weighted by Gasteiger charge is 2.27. The fourth-order valence-corrected chi connectivity index (χ4v) is 2.69. The molecular weight excluding hydrogens is 236 g/mol. The van der Waals surface area contributed by atoms with Crippen molar-refractivity contribution in [3.05, 3.63) is 30.3 Å². The molecule has 0 aliphatic carbocycles. The fraction of sp³-hybridized carbons (Fsp3) is 0.533. The Morgan fingerprint density at radius 1 is 1.32 bits per heavy atom. The normalized spacial score (nSPS) is 20.3. The second kappa shape index (κ2) is 6.57. The molecule has 0 aromatic heterocycles. The van der Waals surface area contributed by atoms with E-state index in [9.17, 15) is 0 Å². The van der Waals surface area contributed by atoms with Crippen LogP contribution >= 0.6 is 0 Å². The number of benzene rings is 1. The maximum absolute atomic E-state index is 6.11. The minimum atomic E-state index is 0.611. The van der Waals surface area contributed by atoms with Crippen molar-refractivity contribution in [1.82, 2.24) is 9.80 Å². The minimum absolute atomic E-state index is 0.611. The van der Waals surface area contributed by atoms with E-state index in [1.165, 1.54) is 6.42 Å². The van der Waals surface area contributed by atoms with Gasteiger partial charge in [0, 0.05) is 19.1 Å². The third kappa shape index (κ3) is 3.47. The van der Waals surface area contributed by atoms with Gasteiger partial charge in [-0.05, 0) is 31.6 Å². The largest absolute Gasteiger partial charge is 0.369 e. The van der Waals surface area contributed by atoms with Gasteiger partial charge in [-0.3, -0.25) is 4.90 Å². The van der Waals surface area contributed by atoms with Crippen molar-refractivity contribution >= 4 is 11.6 Å². The van der Waals surface area contributed by atoms with E-state index >= 15 is 0 Å². The van der Waals surface area contributed by atoms with E-state index in [1.54, 1.807) is 0 Å². The number of nitrogens with two attached hydrogens (primary N) is 1. The summed E-state index contributed by atoms with van der Waals surface area (Å²) in [7, 11) is 0. The van der Waals surface area contributed by atoms with Crippen molar-refractivity contribution in [1.29, 1.82) is 0 Å². The molecule has 0 amide bonds. The van der Waals surface area contributed by atoms with Crippen LogP contribution in [0.5, 0.6) is 0 Å². The number of nitrogens with zero attached hydrogens (tertiary/aromatic N) is 3. The molecule has 4 heteroatoms. The Morgan fingerprint density at radius 2 is 2.00 bits per heavy atom. The summed E-state index contributed by atoms with van der Waals surface area (Å²) < 4.78 is 0. The number of likely N-dealkylation sites (N-methyl/N-ethyl adjacent to an activating group) is 1. The third-order valence-corrected chi connectivity index (χ3v) is 3.82. The lowest BCUT2D eigenvalue weighted by atomic mass is 10.2. The lowest BCUT2D eigenvalue weighted by Gasteiger charge is -2.26. The van der Waals surface area contributed by atoms with Gasteiger partial charge in [0.05, 0.1) is 5.69 Å². The summed E-state index contributed by atoms with van der Waals surface area (Å²) in [6, 6.07) is 10.5. The van der Waals surface area contributed by atoms with E-state index < -0.39 is 0 Å². The van der Waals surface area contributed by atoms with Crippen LogP contribution in [0.25, 0.3) is 0 Å². The Kier molecular flexibility index (Phi) is 4.80. The number of hydrogen-bond acceptors (Lipinski definition) is 2. The van der Waals surface area contributed by atoms with E-state index in [0.717, 1.165) is 31.9 Å². The molecule has 2 N–H and O–H groups in total. The molecule has 1 atom stereocenters. The van der Waals surface area contributed by atoms with Gasteiger partial charge in [0.15, 0.2) is 5.96 Å². The molecule has 4 nitrogen and oxygen atoms in total. The van der Waals surface area contributed by atoms with Gasteiger partial charge in [-0.1, -0.05) is 32.0 Å². The standard InChI is InChI=1S/C15H24N4/c1-3-18(4-2)14-10-11-19(12-14)15(16)17-13-8-6-5-7-9-13/h5-9,14H,3-4,10-12H2,1-2H3,(H2,16,17). The second-order valence-electron chi connectivity index (χ2n) is 4.92. The number of guanidine groups is 1. The molecule has 0 spiro atoms. The van der Waals surface area contributed by atoms with Gasteiger partial charge in [0.1, 0.15) is 0 Å². The number of aliphatic imine (C=N–C) groups is 1. The highest BCUT2D eigenvalue weighted by molar-refractivity contribution is 5.81. The summed E-state index contributed by atoms with van der Waals surface area (Å²) in [4.78, 5) is 9.17. The highest BCUT2D eigenvalue weighted by atomic mass is 15.3. The number of hydrogen-bond donors (Lipinski definition) is 1. The van der Waals surface area contributed by atoms with Crippen LogP contribution in [-0.4, -0.2) is 48.0 Å². The molecule has 1 fully saturated rings. The van der Waals surface area contributed by atoms with E-state index in [4.69, 9.17) is 5.73 Å². The molecule has 0 radical (unpaired) electrons. The number of para-hydroxylation sites is 1. The van der Waals surface area contributed by atoms with Gasteiger partial charge in [0.25, 0.3) is 0 Å². The lowest BCUT2D eigenvalue weighted by Crippen LogP contribution is -2.40. The fourth-order valence-electron chi connectivity index (χ4n) is 2.69. The summed E-state index contributed by atoms with van der Waals surface area (Å²) in [5.41, 5.74) is 7.04. The molecule has 19 heavy (non-hydrogen) atoms. The van der Waals surface area contributed by atoms with Gasteiger partial charge in [0.2, 0.25) is 0 Å². The van der Waals surface area contributed by atoms with Gasteiger partial charge in [-0.15, -0.1) is 0 Å². The average Bonchev–Trinajstić information content (AvgIpc) is 2.91. The Labute approximate surface area is 115 Å². The number of rotatable bonds is 4. The summed E-state index contributed by atoms with van der Waals surface area (Å²) in [5.74, 6) is 0.640. The Morgan fingerprint density at radius 3 is 2.63 bits per heavy atom. The van der Waals surface area contributed by atoms with Gasteiger partial charge < -0.3 is 10.6 Å². The lowest BCUT2D eigenvalue weighted by molar-refractivity contribution is 0.223. The Bertz CT molecular complexity index is 411. The van der Waals surface area contributed by atoms with E-state index in [-0.39, 0.29) is 0 Å². The molecule has 1 aromatic carbocycles. The zero-order valence-corrected chi connectivity index (χ0v) is 11.9. The smallest absolute Gasteiger partial charge is 0.196 e. The van der Waals surface area contributed by atoms with Crippen molar-refractivity contribution < 1.29 is 0 Å². The molecule has 1 aliphatic heterocycles. The zero-order valence-electron chi connectivity index (χ0n) is 11.9. The van der Waals surface area contributed by atoms with E-state index in [2.05, 4.69) is 28.6 Å². The summed E-state index contributed by atoms with van der Waals surface area (Å²) in [6.45, 7) is 8.63. The quantitative estimate of drug-likeness (QED) is 0.665. The van der Waals surface area contributed by atoms with Gasteiger partial charge in [-0.2, -0.15) is 0 Å². The predicted molar refractivity (Wildman–Crippen MR) is 80.6 cm³/mol. The molecule has 1 heterocycles. The molecule has 1 aromatic rings. The first-order chi connectivity index (χ1) is 9.24. The van der Waals surface area contributed by atoms with Crippen molar-refractivity contribution in [2.24, 2.45) is 10.7 Å². The molecule has 0 saturated carbocycles. The molecule has 1 aliphatic rings. The molecule has 2 rings (SSSR count). The Hall–Kier alpha value is -1.55. The molecular formula is C15H24N4. The molecule has 0 bridgehead atoms. The highest BCUT2D eigenvalue weighted by Crippen LogP contribution is 2.17. The topological polar surface area (TPSA) is 44.9 Å². The molecule has 1 saturated heterocycles. The minimum Gasteiger partial charge on any atom is -0.369 e. The third-order valence-electron chi connectivity index (χ3n) is 3.82. The first kappa shape index (κ1) is 13.9.